The van der Waals surface area contributed by atoms with Gasteiger partial charge in [0.1, 0.15) is 0 Å². The van der Waals surface area contributed by atoms with E-state index < -0.39 is 10.0 Å². The monoisotopic (exact) mass is 270 g/mol. The molecule has 0 radical (unpaired) electrons. The first-order valence-electron chi connectivity index (χ1n) is 6.21. The minimum absolute atomic E-state index is 0.201. The van der Waals surface area contributed by atoms with E-state index >= 15 is 0 Å². The first kappa shape index (κ1) is 15.0. The van der Waals surface area contributed by atoms with Gasteiger partial charge in [0.05, 0.1) is 5.75 Å². The highest BCUT2D eigenvalue weighted by molar-refractivity contribution is 7.89. The van der Waals surface area contributed by atoms with Gasteiger partial charge in [-0.25, -0.2) is 13.1 Å². The molecule has 0 bridgehead atoms. The highest BCUT2D eigenvalue weighted by atomic mass is 32.2. The molecule has 0 heterocycles. The lowest BCUT2D eigenvalue weighted by Gasteiger charge is -2.08. The fourth-order valence-electron chi connectivity index (χ4n) is 1.50. The molecule has 4 nitrogen and oxygen atoms in total. The van der Waals surface area contributed by atoms with Crippen LogP contribution in [0.2, 0.25) is 0 Å². The van der Waals surface area contributed by atoms with E-state index in [9.17, 15) is 8.42 Å². The van der Waals surface area contributed by atoms with Crippen molar-refractivity contribution in [3.63, 3.8) is 0 Å². The lowest BCUT2D eigenvalue weighted by molar-refractivity contribution is 0.562. The van der Waals surface area contributed by atoms with Crippen LogP contribution >= 0.6 is 0 Å². The normalized spacial score (nSPS) is 11.9. The summed E-state index contributed by atoms with van der Waals surface area (Å²) in [5.74, 6) is 0.602. The zero-order chi connectivity index (χ0) is 13.6. The molecule has 1 rings (SSSR count). The molecule has 1 aromatic rings. The van der Waals surface area contributed by atoms with Gasteiger partial charge in [0.2, 0.25) is 10.0 Å². The van der Waals surface area contributed by atoms with Crippen LogP contribution in [0.5, 0.6) is 0 Å². The van der Waals surface area contributed by atoms with Crippen LogP contribution < -0.4 is 10.5 Å². The Balaban J connectivity index is 2.34. The van der Waals surface area contributed by atoms with E-state index in [1.807, 2.05) is 38.1 Å². The Morgan fingerprint density at radius 1 is 1.22 bits per heavy atom. The van der Waals surface area contributed by atoms with Crippen molar-refractivity contribution in [3.8, 4) is 0 Å². The van der Waals surface area contributed by atoms with E-state index in [0.29, 0.717) is 25.3 Å². The van der Waals surface area contributed by atoms with Gasteiger partial charge in [-0.2, -0.15) is 0 Å². The second-order valence-corrected chi connectivity index (χ2v) is 6.81. The lowest BCUT2D eigenvalue weighted by Crippen LogP contribution is -2.28. The second kappa shape index (κ2) is 6.75. The molecule has 18 heavy (non-hydrogen) atoms. The quantitative estimate of drug-likeness (QED) is 0.742. The van der Waals surface area contributed by atoms with Crippen molar-refractivity contribution in [3.05, 3.63) is 29.8 Å². The molecule has 0 fully saturated rings. The van der Waals surface area contributed by atoms with E-state index in [0.717, 1.165) is 11.3 Å². The van der Waals surface area contributed by atoms with Crippen LogP contribution in [-0.4, -0.2) is 20.7 Å². The average molecular weight is 270 g/mol. The van der Waals surface area contributed by atoms with Gasteiger partial charge in [-0.3, -0.25) is 0 Å². The van der Waals surface area contributed by atoms with Crippen molar-refractivity contribution in [1.29, 1.82) is 0 Å². The number of nitrogen functional groups attached to an aromatic ring is 1. The summed E-state index contributed by atoms with van der Waals surface area (Å²) in [4.78, 5) is 0. The van der Waals surface area contributed by atoms with Crippen molar-refractivity contribution in [2.75, 3.05) is 18.0 Å². The molecule has 3 N–H and O–H groups in total. The lowest BCUT2D eigenvalue weighted by atomic mass is 10.1. The van der Waals surface area contributed by atoms with Crippen LogP contribution in [0.3, 0.4) is 0 Å². The predicted molar refractivity (Wildman–Crippen MR) is 75.8 cm³/mol. The molecule has 5 heteroatoms. The predicted octanol–water partition coefficient (Wildman–Crippen LogP) is 1.78. The van der Waals surface area contributed by atoms with E-state index in [2.05, 4.69) is 4.72 Å². The van der Waals surface area contributed by atoms with Crippen LogP contribution in [0, 0.1) is 5.92 Å². The summed E-state index contributed by atoms with van der Waals surface area (Å²) in [5.41, 5.74) is 7.38. The van der Waals surface area contributed by atoms with Crippen molar-refractivity contribution in [1.82, 2.24) is 4.72 Å². The minimum atomic E-state index is -3.13. The molecule has 0 aliphatic carbocycles. The van der Waals surface area contributed by atoms with Crippen LogP contribution in [-0.2, 0) is 16.4 Å². The first-order valence-corrected chi connectivity index (χ1v) is 7.86. The van der Waals surface area contributed by atoms with Gasteiger partial charge in [-0.05, 0) is 36.5 Å². The van der Waals surface area contributed by atoms with Gasteiger partial charge in [0.25, 0.3) is 0 Å². The molecule has 0 aliphatic rings. The summed E-state index contributed by atoms with van der Waals surface area (Å²) >= 11 is 0. The number of nitrogens with two attached hydrogens (primary N) is 1. The van der Waals surface area contributed by atoms with Gasteiger partial charge >= 0.3 is 0 Å². The standard InChI is InChI=1S/C13H22N2O2S/c1-11(2)8-10-18(16,17)15-9-7-12-3-5-13(14)6-4-12/h3-6,11,15H,7-10,14H2,1-2H3. The number of hydrogen-bond acceptors (Lipinski definition) is 3. The Morgan fingerprint density at radius 2 is 1.83 bits per heavy atom. The zero-order valence-electron chi connectivity index (χ0n) is 11.0. The molecule has 0 atom stereocenters. The third-order valence-corrected chi connectivity index (χ3v) is 4.10. The van der Waals surface area contributed by atoms with Gasteiger partial charge in [0, 0.05) is 12.2 Å². The molecule has 0 saturated heterocycles. The number of anilines is 1. The fourth-order valence-corrected chi connectivity index (χ4v) is 2.84. The van der Waals surface area contributed by atoms with E-state index in [1.54, 1.807) is 0 Å². The maximum absolute atomic E-state index is 11.6. The number of benzene rings is 1. The van der Waals surface area contributed by atoms with Gasteiger partial charge in [0.15, 0.2) is 0 Å². The van der Waals surface area contributed by atoms with Gasteiger partial charge < -0.3 is 5.73 Å². The molecule has 0 aliphatic heterocycles. The number of sulfonamides is 1. The van der Waals surface area contributed by atoms with Gasteiger partial charge in [-0.15, -0.1) is 0 Å². The SMILES string of the molecule is CC(C)CCS(=O)(=O)NCCc1ccc(N)cc1. The van der Waals surface area contributed by atoms with Crippen molar-refractivity contribution < 1.29 is 8.42 Å². The van der Waals surface area contributed by atoms with Crippen molar-refractivity contribution in [2.24, 2.45) is 5.92 Å². The molecule has 0 unspecified atom stereocenters. The summed E-state index contributed by atoms with van der Waals surface area (Å²) in [6.45, 7) is 4.47. The minimum Gasteiger partial charge on any atom is -0.399 e. The van der Waals surface area contributed by atoms with Crippen molar-refractivity contribution in [2.45, 2.75) is 26.7 Å². The second-order valence-electron chi connectivity index (χ2n) is 4.89. The van der Waals surface area contributed by atoms with Crippen LogP contribution in [0.25, 0.3) is 0 Å². The first-order chi connectivity index (χ1) is 8.39. The highest BCUT2D eigenvalue weighted by Crippen LogP contribution is 2.06. The summed E-state index contributed by atoms with van der Waals surface area (Å²) < 4.78 is 25.9. The summed E-state index contributed by atoms with van der Waals surface area (Å²) in [6.07, 6.45) is 1.37. The van der Waals surface area contributed by atoms with Crippen molar-refractivity contribution >= 4 is 15.7 Å². The van der Waals surface area contributed by atoms with Crippen LogP contribution in [0.4, 0.5) is 5.69 Å². The maximum atomic E-state index is 11.6. The Morgan fingerprint density at radius 3 is 2.39 bits per heavy atom. The third kappa shape index (κ3) is 6.02. The average Bonchev–Trinajstić information content (AvgIpc) is 2.29. The van der Waals surface area contributed by atoms with Crippen LogP contribution in [0.1, 0.15) is 25.8 Å². The van der Waals surface area contributed by atoms with Crippen LogP contribution in [0.15, 0.2) is 24.3 Å². The molecular weight excluding hydrogens is 248 g/mol. The smallest absolute Gasteiger partial charge is 0.211 e. The topological polar surface area (TPSA) is 72.2 Å². The zero-order valence-corrected chi connectivity index (χ0v) is 11.8. The maximum Gasteiger partial charge on any atom is 0.211 e. The Hall–Kier alpha value is -1.07. The largest absolute Gasteiger partial charge is 0.399 e. The molecule has 0 spiro atoms. The summed E-state index contributed by atoms with van der Waals surface area (Å²) in [7, 11) is -3.13. The molecule has 102 valence electrons. The molecule has 0 saturated carbocycles. The third-order valence-electron chi connectivity index (χ3n) is 2.68. The fraction of sp³-hybridized carbons (Fsp3) is 0.538. The van der Waals surface area contributed by atoms with E-state index in [1.165, 1.54) is 0 Å². The number of hydrogen-bond donors (Lipinski definition) is 2. The molecular formula is C13H22N2O2S. The Kier molecular flexibility index (Phi) is 5.62. The molecule has 0 amide bonds. The highest BCUT2D eigenvalue weighted by Gasteiger charge is 2.10. The number of nitrogens with one attached hydrogen (secondary N) is 1. The molecule has 1 aromatic carbocycles. The number of rotatable bonds is 7. The Bertz CT molecular complexity index is 452. The van der Waals surface area contributed by atoms with E-state index in [4.69, 9.17) is 5.73 Å². The summed E-state index contributed by atoms with van der Waals surface area (Å²) in [5, 5.41) is 0. The summed E-state index contributed by atoms with van der Waals surface area (Å²) in [6, 6.07) is 7.47. The van der Waals surface area contributed by atoms with Gasteiger partial charge in [-0.1, -0.05) is 26.0 Å². The molecule has 0 aromatic heterocycles. The van der Waals surface area contributed by atoms with E-state index in [-0.39, 0.29) is 5.75 Å². The Labute approximate surface area is 110 Å².